The van der Waals surface area contributed by atoms with E-state index < -0.39 is 0 Å². The third-order valence-corrected chi connectivity index (χ3v) is 2.97. The maximum absolute atomic E-state index is 4.72. The van der Waals surface area contributed by atoms with Crippen molar-refractivity contribution in [3.05, 3.63) is 28.6 Å². The number of anilines is 1. The zero-order chi connectivity index (χ0) is 9.97. The Morgan fingerprint density at radius 1 is 1.50 bits per heavy atom. The molecule has 2 heterocycles. The highest BCUT2D eigenvalue weighted by Crippen LogP contribution is 2.21. The monoisotopic (exact) mass is 209 g/mol. The van der Waals surface area contributed by atoms with Gasteiger partial charge in [-0.3, -0.25) is 0 Å². The lowest BCUT2D eigenvalue weighted by Crippen LogP contribution is -1.98. The van der Waals surface area contributed by atoms with E-state index in [2.05, 4.69) is 22.4 Å². The van der Waals surface area contributed by atoms with Gasteiger partial charge in [-0.2, -0.15) is 0 Å². The van der Waals surface area contributed by atoms with Crippen LogP contribution in [-0.2, 0) is 6.54 Å². The van der Waals surface area contributed by atoms with E-state index in [4.69, 9.17) is 4.52 Å². The molecule has 0 fully saturated rings. The lowest BCUT2D eigenvalue weighted by atomic mass is 10.4. The Labute approximate surface area is 86.0 Å². The molecule has 4 nitrogen and oxygen atoms in total. The van der Waals surface area contributed by atoms with Gasteiger partial charge in [0.1, 0.15) is 12.0 Å². The molecule has 14 heavy (non-hydrogen) atoms. The van der Waals surface area contributed by atoms with Crippen molar-refractivity contribution < 1.29 is 4.52 Å². The average Bonchev–Trinajstić information content (AvgIpc) is 2.74. The molecule has 0 saturated carbocycles. The Hall–Kier alpha value is -1.36. The van der Waals surface area contributed by atoms with Crippen molar-refractivity contribution >= 4 is 16.5 Å². The van der Waals surface area contributed by atoms with Crippen LogP contribution in [0.3, 0.4) is 0 Å². The largest absolute Gasteiger partial charge is 0.364 e. The van der Waals surface area contributed by atoms with Crippen LogP contribution >= 0.6 is 11.3 Å². The van der Waals surface area contributed by atoms with Crippen LogP contribution in [0, 0.1) is 13.8 Å². The third kappa shape index (κ3) is 1.93. The molecule has 1 N–H and O–H groups in total. The highest BCUT2D eigenvalue weighted by Gasteiger charge is 2.03. The maximum Gasteiger partial charge on any atom is 0.183 e. The number of hydrogen-bond donors (Lipinski definition) is 1. The second-order valence-corrected chi connectivity index (χ2v) is 4.21. The van der Waals surface area contributed by atoms with Crippen LogP contribution in [0.15, 0.2) is 16.9 Å². The van der Waals surface area contributed by atoms with Gasteiger partial charge in [-0.1, -0.05) is 5.16 Å². The van der Waals surface area contributed by atoms with E-state index in [1.807, 2.05) is 13.0 Å². The first-order valence-corrected chi connectivity index (χ1v) is 5.14. The zero-order valence-corrected chi connectivity index (χ0v) is 8.89. The quantitative estimate of drug-likeness (QED) is 0.843. The van der Waals surface area contributed by atoms with Gasteiger partial charge in [0, 0.05) is 10.9 Å². The molecule has 5 heteroatoms. The molecule has 0 aliphatic carbocycles. The Kier molecular flexibility index (Phi) is 2.49. The van der Waals surface area contributed by atoms with Gasteiger partial charge in [0.2, 0.25) is 0 Å². The van der Waals surface area contributed by atoms with Gasteiger partial charge in [0.05, 0.1) is 12.2 Å². The van der Waals surface area contributed by atoms with Crippen LogP contribution in [0.25, 0.3) is 0 Å². The summed E-state index contributed by atoms with van der Waals surface area (Å²) in [6.45, 7) is 4.73. The van der Waals surface area contributed by atoms with Gasteiger partial charge < -0.3 is 9.84 Å². The van der Waals surface area contributed by atoms with Gasteiger partial charge in [0.25, 0.3) is 0 Å². The second-order valence-electron chi connectivity index (χ2n) is 3.00. The summed E-state index contributed by atoms with van der Waals surface area (Å²) in [7, 11) is 0. The summed E-state index contributed by atoms with van der Waals surface area (Å²) in [4.78, 5) is 5.60. The van der Waals surface area contributed by atoms with Gasteiger partial charge in [-0.25, -0.2) is 4.98 Å². The van der Waals surface area contributed by atoms with Gasteiger partial charge in [-0.05, 0) is 13.8 Å². The number of rotatable bonds is 3. The van der Waals surface area contributed by atoms with E-state index in [1.54, 1.807) is 17.6 Å². The fourth-order valence-corrected chi connectivity index (χ4v) is 1.85. The molecule has 2 aromatic heterocycles. The van der Waals surface area contributed by atoms with Crippen molar-refractivity contribution in [3.8, 4) is 0 Å². The highest BCUT2D eigenvalue weighted by atomic mass is 32.1. The van der Waals surface area contributed by atoms with E-state index in [0.717, 1.165) is 16.5 Å². The number of nitrogens with one attached hydrogen (secondary N) is 1. The minimum atomic E-state index is 0.656. The Morgan fingerprint density at radius 3 is 2.93 bits per heavy atom. The second kappa shape index (κ2) is 3.79. The van der Waals surface area contributed by atoms with Crippen molar-refractivity contribution in [2.45, 2.75) is 20.4 Å². The van der Waals surface area contributed by atoms with E-state index >= 15 is 0 Å². The first kappa shape index (κ1) is 9.21. The summed E-state index contributed by atoms with van der Waals surface area (Å²) in [5.74, 6) is 0. The number of aromatic nitrogens is 2. The van der Waals surface area contributed by atoms with Crippen molar-refractivity contribution in [1.82, 2.24) is 10.1 Å². The van der Waals surface area contributed by atoms with E-state index in [1.165, 1.54) is 4.88 Å². The molecule has 74 valence electrons. The SMILES string of the molecule is Cc1nc(NCc2ccon2)sc1C. The van der Waals surface area contributed by atoms with E-state index in [-0.39, 0.29) is 0 Å². The molecule has 0 spiro atoms. The molecule has 0 radical (unpaired) electrons. The maximum atomic E-state index is 4.72. The van der Waals surface area contributed by atoms with E-state index in [9.17, 15) is 0 Å². The Bertz CT molecular complexity index is 388. The highest BCUT2D eigenvalue weighted by molar-refractivity contribution is 7.15. The fourth-order valence-electron chi connectivity index (χ4n) is 1.04. The molecule has 0 aliphatic heterocycles. The number of aryl methyl sites for hydroxylation is 2. The topological polar surface area (TPSA) is 51.0 Å². The molecule has 0 aromatic carbocycles. The molecule has 0 atom stereocenters. The minimum absolute atomic E-state index is 0.656. The zero-order valence-electron chi connectivity index (χ0n) is 8.07. The standard InChI is InChI=1S/C9H11N3OS/c1-6-7(2)14-9(11-6)10-5-8-3-4-13-12-8/h3-4H,5H2,1-2H3,(H,10,11). The lowest BCUT2D eigenvalue weighted by molar-refractivity contribution is 0.412. The summed E-state index contributed by atoms with van der Waals surface area (Å²) < 4.78 is 4.72. The van der Waals surface area contributed by atoms with Gasteiger partial charge in [-0.15, -0.1) is 11.3 Å². The molecular weight excluding hydrogens is 198 g/mol. The molecule has 0 unspecified atom stereocenters. The number of nitrogens with zero attached hydrogens (tertiary/aromatic N) is 2. The summed E-state index contributed by atoms with van der Waals surface area (Å²) in [5, 5.41) is 7.93. The summed E-state index contributed by atoms with van der Waals surface area (Å²) in [5.41, 5.74) is 1.97. The summed E-state index contributed by atoms with van der Waals surface area (Å²) in [6, 6.07) is 1.83. The van der Waals surface area contributed by atoms with Crippen molar-refractivity contribution in [2.24, 2.45) is 0 Å². The van der Waals surface area contributed by atoms with Crippen molar-refractivity contribution in [2.75, 3.05) is 5.32 Å². The molecule has 0 bridgehead atoms. The molecule has 2 aromatic rings. The number of hydrogen-bond acceptors (Lipinski definition) is 5. The smallest absolute Gasteiger partial charge is 0.183 e. The van der Waals surface area contributed by atoms with Crippen LogP contribution in [-0.4, -0.2) is 10.1 Å². The Morgan fingerprint density at radius 2 is 2.36 bits per heavy atom. The molecule has 0 amide bonds. The van der Waals surface area contributed by atoms with Crippen molar-refractivity contribution in [3.63, 3.8) is 0 Å². The fraction of sp³-hybridized carbons (Fsp3) is 0.333. The number of thiazole rings is 1. The summed E-state index contributed by atoms with van der Waals surface area (Å²) in [6.07, 6.45) is 1.56. The normalized spacial score (nSPS) is 10.4. The van der Waals surface area contributed by atoms with Crippen molar-refractivity contribution in [1.29, 1.82) is 0 Å². The van der Waals surface area contributed by atoms with Gasteiger partial charge >= 0.3 is 0 Å². The minimum Gasteiger partial charge on any atom is -0.364 e. The molecular formula is C9H11N3OS. The molecule has 2 rings (SSSR count). The van der Waals surface area contributed by atoms with Crippen LogP contribution < -0.4 is 5.32 Å². The van der Waals surface area contributed by atoms with Crippen LogP contribution in [0.2, 0.25) is 0 Å². The first-order chi connectivity index (χ1) is 6.75. The predicted octanol–water partition coefficient (Wildman–Crippen LogP) is 2.36. The van der Waals surface area contributed by atoms with Crippen LogP contribution in [0.1, 0.15) is 16.3 Å². The van der Waals surface area contributed by atoms with Gasteiger partial charge in [0.15, 0.2) is 5.13 Å². The van der Waals surface area contributed by atoms with Crippen LogP contribution in [0.4, 0.5) is 5.13 Å². The predicted molar refractivity (Wildman–Crippen MR) is 55.4 cm³/mol. The van der Waals surface area contributed by atoms with Crippen LogP contribution in [0.5, 0.6) is 0 Å². The third-order valence-electron chi connectivity index (χ3n) is 1.94. The molecule has 0 aliphatic rings. The van der Waals surface area contributed by atoms with E-state index in [0.29, 0.717) is 6.54 Å². The molecule has 0 saturated heterocycles. The lowest BCUT2D eigenvalue weighted by Gasteiger charge is -1.96. The summed E-state index contributed by atoms with van der Waals surface area (Å²) >= 11 is 1.66. The average molecular weight is 209 g/mol. The Balaban J connectivity index is 1.98. The first-order valence-electron chi connectivity index (χ1n) is 4.33.